The third kappa shape index (κ3) is 4.96. The van der Waals surface area contributed by atoms with Crippen molar-refractivity contribution in [2.45, 2.75) is 28.7 Å². The van der Waals surface area contributed by atoms with Crippen molar-refractivity contribution in [2.24, 2.45) is 0 Å². The third-order valence-electron chi connectivity index (χ3n) is 3.62. The highest BCUT2D eigenvalue weighted by molar-refractivity contribution is 7.99. The Morgan fingerprint density at radius 1 is 1.13 bits per heavy atom. The number of benzene rings is 2. The van der Waals surface area contributed by atoms with Crippen LogP contribution in [0.2, 0.25) is 0 Å². The molecule has 0 saturated carbocycles. The molecule has 3 nitrogen and oxygen atoms in total. The van der Waals surface area contributed by atoms with Gasteiger partial charge >= 0.3 is 0 Å². The van der Waals surface area contributed by atoms with E-state index in [0.717, 1.165) is 36.6 Å². The Bertz CT molecular complexity index is 642. The van der Waals surface area contributed by atoms with Gasteiger partial charge in [-0.25, -0.2) is 0 Å². The Morgan fingerprint density at radius 3 is 2.70 bits per heavy atom. The van der Waals surface area contributed by atoms with Gasteiger partial charge in [0.25, 0.3) is 0 Å². The van der Waals surface area contributed by atoms with E-state index in [2.05, 4.69) is 28.8 Å². The molecule has 0 amide bonds. The molecular formula is C18H20N2OS2. The molecule has 1 aliphatic heterocycles. The molecule has 2 N–H and O–H groups in total. The fourth-order valence-corrected chi connectivity index (χ4v) is 3.57. The predicted molar refractivity (Wildman–Crippen MR) is 100 cm³/mol. The van der Waals surface area contributed by atoms with E-state index in [1.807, 2.05) is 36.4 Å². The maximum Gasteiger partial charge on any atom is 0.170 e. The fourth-order valence-electron chi connectivity index (χ4n) is 2.45. The van der Waals surface area contributed by atoms with Crippen LogP contribution in [0.5, 0.6) is 0 Å². The number of anilines is 1. The normalized spacial score (nSPS) is 17.0. The molecule has 2 aromatic carbocycles. The Labute approximate surface area is 146 Å². The van der Waals surface area contributed by atoms with Crippen molar-refractivity contribution in [3.63, 3.8) is 0 Å². The summed E-state index contributed by atoms with van der Waals surface area (Å²) in [6.07, 6.45) is 2.53. The summed E-state index contributed by atoms with van der Waals surface area (Å²) in [5.74, 6) is 0. The molecule has 1 aliphatic rings. The molecule has 3 rings (SSSR count). The molecule has 0 radical (unpaired) electrons. The van der Waals surface area contributed by atoms with Crippen LogP contribution in [0.15, 0.2) is 64.4 Å². The lowest BCUT2D eigenvalue weighted by molar-refractivity contribution is 0.114. The topological polar surface area (TPSA) is 33.3 Å². The minimum atomic E-state index is 0.281. The van der Waals surface area contributed by atoms with E-state index < -0.39 is 0 Å². The molecule has 0 unspecified atom stereocenters. The second-order valence-electron chi connectivity index (χ2n) is 5.38. The third-order valence-corrected chi connectivity index (χ3v) is 4.95. The lowest BCUT2D eigenvalue weighted by atomic mass is 10.2. The molecule has 0 spiro atoms. The van der Waals surface area contributed by atoms with E-state index in [4.69, 9.17) is 17.0 Å². The van der Waals surface area contributed by atoms with Crippen LogP contribution in [0.25, 0.3) is 0 Å². The number of thiocarbonyl (C=S) groups is 1. The van der Waals surface area contributed by atoms with Crippen LogP contribution in [0.4, 0.5) is 5.69 Å². The van der Waals surface area contributed by atoms with Gasteiger partial charge in [0.2, 0.25) is 0 Å². The lowest BCUT2D eigenvalue weighted by Gasteiger charge is -2.16. The van der Waals surface area contributed by atoms with Crippen LogP contribution in [-0.2, 0) is 4.74 Å². The zero-order valence-electron chi connectivity index (χ0n) is 12.8. The summed E-state index contributed by atoms with van der Waals surface area (Å²) in [5.41, 5.74) is 1.02. The second kappa shape index (κ2) is 8.34. The number of hydrogen-bond acceptors (Lipinski definition) is 3. The van der Waals surface area contributed by atoms with E-state index in [9.17, 15) is 0 Å². The van der Waals surface area contributed by atoms with Gasteiger partial charge in [0.15, 0.2) is 5.11 Å². The highest BCUT2D eigenvalue weighted by Crippen LogP contribution is 2.33. The van der Waals surface area contributed by atoms with E-state index in [0.29, 0.717) is 5.11 Å². The Kier molecular flexibility index (Phi) is 5.91. The molecule has 1 heterocycles. The van der Waals surface area contributed by atoms with E-state index in [-0.39, 0.29) is 6.10 Å². The van der Waals surface area contributed by atoms with Crippen molar-refractivity contribution in [2.75, 3.05) is 18.5 Å². The molecule has 1 saturated heterocycles. The maximum atomic E-state index is 5.60. The van der Waals surface area contributed by atoms with Crippen LogP contribution in [0.3, 0.4) is 0 Å². The Hall–Kier alpha value is -1.56. The standard InChI is InChI=1S/C18H20N2OS2/c22-18(19-13-14-7-6-12-21-14)20-16-10-4-5-11-17(16)23-15-8-2-1-3-9-15/h1-5,8-11,14H,6-7,12-13H2,(H2,19,20,22)/t14-/m0/s1. The molecule has 1 atom stereocenters. The maximum absolute atomic E-state index is 5.60. The predicted octanol–water partition coefficient (Wildman–Crippen LogP) is 4.30. The van der Waals surface area contributed by atoms with Crippen molar-refractivity contribution in [1.82, 2.24) is 5.32 Å². The van der Waals surface area contributed by atoms with Crippen molar-refractivity contribution < 1.29 is 4.74 Å². The smallest absolute Gasteiger partial charge is 0.170 e. The summed E-state index contributed by atoms with van der Waals surface area (Å²) >= 11 is 7.13. The zero-order valence-corrected chi connectivity index (χ0v) is 14.5. The molecule has 120 valence electrons. The molecule has 23 heavy (non-hydrogen) atoms. The summed E-state index contributed by atoms with van der Waals surface area (Å²) in [7, 11) is 0. The van der Waals surface area contributed by atoms with Crippen molar-refractivity contribution in [3.8, 4) is 0 Å². The van der Waals surface area contributed by atoms with Crippen molar-refractivity contribution in [3.05, 3.63) is 54.6 Å². The first-order valence-electron chi connectivity index (χ1n) is 7.79. The monoisotopic (exact) mass is 344 g/mol. The van der Waals surface area contributed by atoms with Gasteiger partial charge in [-0.2, -0.15) is 0 Å². The van der Waals surface area contributed by atoms with Gasteiger partial charge < -0.3 is 15.4 Å². The van der Waals surface area contributed by atoms with E-state index in [1.54, 1.807) is 11.8 Å². The van der Waals surface area contributed by atoms with E-state index >= 15 is 0 Å². The highest BCUT2D eigenvalue weighted by Gasteiger charge is 2.15. The number of rotatable bonds is 5. The van der Waals surface area contributed by atoms with Gasteiger partial charge in [-0.1, -0.05) is 42.1 Å². The zero-order chi connectivity index (χ0) is 15.9. The summed E-state index contributed by atoms with van der Waals surface area (Å²) in [6.45, 7) is 1.63. The van der Waals surface area contributed by atoms with Gasteiger partial charge in [0, 0.05) is 22.9 Å². The van der Waals surface area contributed by atoms with Gasteiger partial charge in [-0.15, -0.1) is 0 Å². The van der Waals surface area contributed by atoms with Crippen molar-refractivity contribution >= 4 is 34.8 Å². The molecule has 1 fully saturated rings. The minimum Gasteiger partial charge on any atom is -0.376 e. The SMILES string of the molecule is S=C(NC[C@@H]1CCCO1)Nc1ccccc1Sc1ccccc1. The number of hydrogen-bond donors (Lipinski definition) is 2. The average Bonchev–Trinajstić information content (AvgIpc) is 3.09. The van der Waals surface area contributed by atoms with Crippen molar-refractivity contribution in [1.29, 1.82) is 0 Å². The Morgan fingerprint density at radius 2 is 1.91 bits per heavy atom. The molecule has 0 aliphatic carbocycles. The summed E-state index contributed by atoms with van der Waals surface area (Å²) in [6, 6.07) is 18.5. The number of ether oxygens (including phenoxy) is 1. The van der Waals surface area contributed by atoms with Gasteiger partial charge in [-0.3, -0.25) is 0 Å². The molecule has 5 heteroatoms. The molecular weight excluding hydrogens is 324 g/mol. The first-order chi connectivity index (χ1) is 11.3. The Balaban J connectivity index is 1.59. The molecule has 2 aromatic rings. The largest absolute Gasteiger partial charge is 0.376 e. The first-order valence-corrected chi connectivity index (χ1v) is 9.02. The van der Waals surface area contributed by atoms with E-state index in [1.165, 1.54) is 4.90 Å². The summed E-state index contributed by atoms with van der Waals surface area (Å²) in [4.78, 5) is 2.36. The van der Waals surface area contributed by atoms with Crippen LogP contribution in [0.1, 0.15) is 12.8 Å². The highest BCUT2D eigenvalue weighted by atomic mass is 32.2. The lowest BCUT2D eigenvalue weighted by Crippen LogP contribution is -2.34. The van der Waals surface area contributed by atoms with Crippen LogP contribution in [-0.4, -0.2) is 24.4 Å². The van der Waals surface area contributed by atoms with Crippen LogP contribution in [0, 0.1) is 0 Å². The van der Waals surface area contributed by atoms with Gasteiger partial charge in [0.1, 0.15) is 0 Å². The minimum absolute atomic E-state index is 0.281. The fraction of sp³-hybridized carbons (Fsp3) is 0.278. The molecule has 0 aromatic heterocycles. The van der Waals surface area contributed by atoms with Crippen LogP contribution >= 0.6 is 24.0 Å². The van der Waals surface area contributed by atoms with Crippen LogP contribution < -0.4 is 10.6 Å². The number of nitrogens with one attached hydrogen (secondary N) is 2. The quantitative estimate of drug-likeness (QED) is 0.790. The number of para-hydroxylation sites is 1. The first kappa shape index (κ1) is 16.3. The van der Waals surface area contributed by atoms with Gasteiger partial charge in [-0.05, 0) is 49.3 Å². The summed E-state index contributed by atoms with van der Waals surface area (Å²) < 4.78 is 5.60. The average molecular weight is 345 g/mol. The summed E-state index contributed by atoms with van der Waals surface area (Å²) in [5, 5.41) is 7.19. The molecule has 0 bridgehead atoms. The van der Waals surface area contributed by atoms with Gasteiger partial charge in [0.05, 0.1) is 11.8 Å². The second-order valence-corrected chi connectivity index (χ2v) is 6.90.